The van der Waals surface area contributed by atoms with E-state index in [-0.39, 0.29) is 11.7 Å². The molecule has 1 N–H and O–H groups in total. The molecule has 1 aromatic heterocycles. The molecule has 156 valence electrons. The highest BCUT2D eigenvalue weighted by molar-refractivity contribution is 5.97. The number of ether oxygens (including phenoxy) is 3. The molecule has 0 saturated carbocycles. The minimum Gasteiger partial charge on any atom is -0.493 e. The molecule has 0 atom stereocenters. The van der Waals surface area contributed by atoms with Gasteiger partial charge >= 0.3 is 0 Å². The first-order valence-corrected chi connectivity index (χ1v) is 9.47. The first-order chi connectivity index (χ1) is 14.6. The number of methoxy groups -OCH3 is 3. The third-order valence-electron chi connectivity index (χ3n) is 5.09. The first-order valence-electron chi connectivity index (χ1n) is 9.47. The Morgan fingerprint density at radius 2 is 1.83 bits per heavy atom. The molecule has 2 aromatic carbocycles. The van der Waals surface area contributed by atoms with E-state index in [9.17, 15) is 9.18 Å². The summed E-state index contributed by atoms with van der Waals surface area (Å²) in [6, 6.07) is 9.80. The monoisotopic (exact) mass is 411 g/mol. The minimum absolute atomic E-state index is 0.282. The van der Waals surface area contributed by atoms with Crippen molar-refractivity contribution in [3.05, 3.63) is 59.0 Å². The Labute approximate surface area is 173 Å². The van der Waals surface area contributed by atoms with Crippen LogP contribution in [0.25, 0.3) is 16.9 Å². The Bertz CT molecular complexity index is 1090. The molecule has 1 aliphatic carbocycles. The number of fused-ring (bicyclic) bond motifs is 3. The summed E-state index contributed by atoms with van der Waals surface area (Å²) in [7, 11) is 4.73. The molecule has 8 heteroatoms. The molecule has 0 saturated heterocycles. The highest BCUT2D eigenvalue weighted by atomic mass is 19.1. The lowest BCUT2D eigenvalue weighted by Gasteiger charge is -2.12. The predicted molar refractivity (Wildman–Crippen MR) is 109 cm³/mol. The molecule has 0 aliphatic heterocycles. The molecule has 7 nitrogen and oxygen atoms in total. The highest BCUT2D eigenvalue weighted by Gasteiger charge is 2.32. The predicted octanol–water partition coefficient (Wildman–Crippen LogP) is 2.98. The summed E-state index contributed by atoms with van der Waals surface area (Å²) in [5, 5.41) is 7.40. The van der Waals surface area contributed by atoms with Gasteiger partial charge < -0.3 is 19.5 Å². The molecule has 1 amide bonds. The zero-order valence-corrected chi connectivity index (χ0v) is 17.0. The first kappa shape index (κ1) is 19.9. The summed E-state index contributed by atoms with van der Waals surface area (Å²) >= 11 is 0. The Morgan fingerprint density at radius 1 is 1.13 bits per heavy atom. The van der Waals surface area contributed by atoms with Gasteiger partial charge in [-0.15, -0.1) is 0 Å². The van der Waals surface area contributed by atoms with Crippen LogP contribution in [0.2, 0.25) is 0 Å². The van der Waals surface area contributed by atoms with Crippen molar-refractivity contribution >= 4 is 5.91 Å². The van der Waals surface area contributed by atoms with Crippen molar-refractivity contribution in [3.63, 3.8) is 0 Å². The van der Waals surface area contributed by atoms with Crippen molar-refractivity contribution in [2.45, 2.75) is 6.42 Å². The summed E-state index contributed by atoms with van der Waals surface area (Å²) in [5.74, 6) is 0.582. The van der Waals surface area contributed by atoms with Crippen LogP contribution in [0.15, 0.2) is 36.4 Å². The number of hydrogen-bond acceptors (Lipinski definition) is 5. The van der Waals surface area contributed by atoms with Crippen LogP contribution in [0.3, 0.4) is 0 Å². The van der Waals surface area contributed by atoms with Gasteiger partial charge in [0.2, 0.25) is 0 Å². The summed E-state index contributed by atoms with van der Waals surface area (Å²) in [6.07, 6.45) is 0.527. The summed E-state index contributed by atoms with van der Waals surface area (Å²) < 4.78 is 31.0. The van der Waals surface area contributed by atoms with Crippen molar-refractivity contribution in [1.29, 1.82) is 0 Å². The number of aromatic nitrogens is 2. The van der Waals surface area contributed by atoms with Crippen LogP contribution in [-0.4, -0.2) is 50.2 Å². The van der Waals surface area contributed by atoms with Crippen molar-refractivity contribution in [2.75, 3.05) is 34.5 Å². The van der Waals surface area contributed by atoms with E-state index in [4.69, 9.17) is 14.2 Å². The quantitative estimate of drug-likeness (QED) is 0.473. The number of benzene rings is 2. The average Bonchev–Trinajstić information content (AvgIpc) is 3.30. The largest absolute Gasteiger partial charge is 0.493 e. The maximum absolute atomic E-state index is 13.5. The van der Waals surface area contributed by atoms with Crippen LogP contribution in [0.5, 0.6) is 11.5 Å². The maximum atomic E-state index is 13.5. The van der Waals surface area contributed by atoms with Gasteiger partial charge in [-0.3, -0.25) is 4.79 Å². The standard InChI is InChI=1S/C22H22FN3O4/c1-28-9-8-24-22(27)20-17-10-13-11-18(29-2)19(30-3)12-16(13)21(17)26(25-20)15-6-4-14(23)5-7-15/h4-7,11-12H,8-10H2,1-3H3,(H,24,27). The number of nitrogens with one attached hydrogen (secondary N) is 1. The Morgan fingerprint density at radius 3 is 2.50 bits per heavy atom. The van der Waals surface area contributed by atoms with Gasteiger partial charge in [-0.25, -0.2) is 9.07 Å². The third-order valence-corrected chi connectivity index (χ3v) is 5.09. The highest BCUT2D eigenvalue weighted by Crippen LogP contribution is 2.44. The lowest BCUT2D eigenvalue weighted by Crippen LogP contribution is -2.28. The fraction of sp³-hybridized carbons (Fsp3) is 0.273. The van der Waals surface area contributed by atoms with E-state index in [0.29, 0.717) is 42.5 Å². The van der Waals surface area contributed by atoms with Gasteiger partial charge in [-0.1, -0.05) is 0 Å². The molecule has 0 spiro atoms. The number of halogens is 1. The number of nitrogens with zero attached hydrogens (tertiary/aromatic N) is 2. The molecular weight excluding hydrogens is 389 g/mol. The Kier molecular flexibility index (Phi) is 5.41. The van der Waals surface area contributed by atoms with E-state index < -0.39 is 0 Å². The van der Waals surface area contributed by atoms with Gasteiger partial charge in [-0.05, 0) is 42.0 Å². The lowest BCUT2D eigenvalue weighted by molar-refractivity contribution is 0.0931. The number of hydrogen-bond donors (Lipinski definition) is 1. The second kappa shape index (κ2) is 8.16. The van der Waals surface area contributed by atoms with E-state index in [2.05, 4.69) is 10.4 Å². The maximum Gasteiger partial charge on any atom is 0.272 e. The van der Waals surface area contributed by atoms with Crippen LogP contribution in [-0.2, 0) is 11.2 Å². The number of carbonyl (C=O) groups is 1. The molecule has 30 heavy (non-hydrogen) atoms. The molecule has 1 aliphatic rings. The van der Waals surface area contributed by atoms with E-state index in [0.717, 1.165) is 22.4 Å². The SMILES string of the molecule is COCCNC(=O)c1nn(-c2ccc(F)cc2)c2c1Cc1cc(OC)c(OC)cc1-2. The van der Waals surface area contributed by atoms with Crippen LogP contribution in [0.1, 0.15) is 21.6 Å². The number of carbonyl (C=O) groups excluding carboxylic acids is 1. The second-order valence-corrected chi connectivity index (χ2v) is 6.85. The minimum atomic E-state index is -0.341. The van der Waals surface area contributed by atoms with Crippen molar-refractivity contribution in [2.24, 2.45) is 0 Å². The molecule has 0 radical (unpaired) electrons. The number of rotatable bonds is 7. The lowest BCUT2D eigenvalue weighted by atomic mass is 10.1. The summed E-state index contributed by atoms with van der Waals surface area (Å²) in [6.45, 7) is 0.781. The van der Waals surface area contributed by atoms with Crippen LogP contribution >= 0.6 is 0 Å². The van der Waals surface area contributed by atoms with Gasteiger partial charge in [0, 0.05) is 31.2 Å². The molecule has 3 aromatic rings. The molecule has 0 unspecified atom stereocenters. The van der Waals surface area contributed by atoms with Gasteiger partial charge in [0.25, 0.3) is 5.91 Å². The second-order valence-electron chi connectivity index (χ2n) is 6.85. The average molecular weight is 411 g/mol. The number of amides is 1. The topological polar surface area (TPSA) is 74.6 Å². The van der Waals surface area contributed by atoms with Crippen molar-refractivity contribution < 1.29 is 23.4 Å². The van der Waals surface area contributed by atoms with E-state index in [1.807, 2.05) is 12.1 Å². The van der Waals surface area contributed by atoms with Crippen LogP contribution in [0, 0.1) is 5.82 Å². The fourth-order valence-electron chi connectivity index (χ4n) is 3.67. The van der Waals surface area contributed by atoms with E-state index in [1.54, 1.807) is 38.1 Å². The zero-order chi connectivity index (χ0) is 21.3. The zero-order valence-electron chi connectivity index (χ0n) is 17.0. The summed E-state index contributed by atoms with van der Waals surface area (Å²) in [4.78, 5) is 12.8. The molecular formula is C22H22FN3O4. The molecule has 1 heterocycles. The van der Waals surface area contributed by atoms with Crippen LogP contribution in [0.4, 0.5) is 4.39 Å². The summed E-state index contributed by atoms with van der Waals surface area (Å²) in [5.41, 5.74) is 4.48. The van der Waals surface area contributed by atoms with Gasteiger partial charge in [-0.2, -0.15) is 5.10 Å². The van der Waals surface area contributed by atoms with Gasteiger partial charge in [0.05, 0.1) is 32.2 Å². The molecule has 0 fully saturated rings. The smallest absolute Gasteiger partial charge is 0.272 e. The van der Waals surface area contributed by atoms with Crippen molar-refractivity contribution in [1.82, 2.24) is 15.1 Å². The Balaban J connectivity index is 1.86. The van der Waals surface area contributed by atoms with Gasteiger partial charge in [0.1, 0.15) is 5.82 Å². The molecule has 4 rings (SSSR count). The van der Waals surface area contributed by atoms with Crippen molar-refractivity contribution in [3.8, 4) is 28.4 Å². The Hall–Kier alpha value is -3.39. The molecule has 0 bridgehead atoms. The third kappa shape index (κ3) is 3.39. The van der Waals surface area contributed by atoms with Crippen LogP contribution < -0.4 is 14.8 Å². The fourth-order valence-corrected chi connectivity index (χ4v) is 3.67. The van der Waals surface area contributed by atoms with E-state index in [1.165, 1.54) is 12.1 Å². The van der Waals surface area contributed by atoms with E-state index >= 15 is 0 Å². The van der Waals surface area contributed by atoms with Gasteiger partial charge in [0.15, 0.2) is 17.2 Å². The normalized spacial score (nSPS) is 11.7.